The highest BCUT2D eigenvalue weighted by molar-refractivity contribution is 5.95. The van der Waals surface area contributed by atoms with Crippen LogP contribution in [0.4, 0.5) is 0 Å². The first-order valence-corrected chi connectivity index (χ1v) is 7.42. The Morgan fingerprint density at radius 2 is 2.25 bits per heavy atom. The van der Waals surface area contributed by atoms with E-state index >= 15 is 0 Å². The van der Waals surface area contributed by atoms with Gasteiger partial charge in [-0.05, 0) is 44.7 Å². The molecule has 3 N–H and O–H groups in total. The highest BCUT2D eigenvalue weighted by Gasteiger charge is 2.35. The number of pyridine rings is 1. The van der Waals surface area contributed by atoms with Gasteiger partial charge in [-0.25, -0.2) is 0 Å². The number of nitrogens with one attached hydrogen (secondary N) is 1. The third kappa shape index (κ3) is 3.18. The van der Waals surface area contributed by atoms with Crippen molar-refractivity contribution < 1.29 is 4.79 Å². The second-order valence-electron chi connectivity index (χ2n) is 6.23. The Bertz CT molecular complexity index is 500. The van der Waals surface area contributed by atoms with Crippen molar-refractivity contribution in [1.29, 1.82) is 0 Å². The van der Waals surface area contributed by atoms with Gasteiger partial charge in [-0.15, -0.1) is 0 Å². The highest BCUT2D eigenvalue weighted by atomic mass is 16.1. The van der Waals surface area contributed by atoms with Gasteiger partial charge in [-0.2, -0.15) is 0 Å². The van der Waals surface area contributed by atoms with E-state index in [2.05, 4.69) is 17.2 Å². The fraction of sp³-hybridized carbons (Fsp3) is 0.625. The van der Waals surface area contributed by atoms with Crippen LogP contribution < -0.4 is 11.1 Å². The number of hydrogen-bond donors (Lipinski definition) is 2. The Hall–Kier alpha value is -1.42. The molecule has 0 aromatic carbocycles. The molecule has 0 saturated heterocycles. The molecule has 110 valence electrons. The van der Waals surface area contributed by atoms with E-state index in [1.165, 1.54) is 6.42 Å². The second kappa shape index (κ2) is 5.92. The smallest absolute Gasteiger partial charge is 0.253 e. The molecule has 1 aromatic rings. The van der Waals surface area contributed by atoms with Crippen LogP contribution >= 0.6 is 0 Å². The summed E-state index contributed by atoms with van der Waals surface area (Å²) in [4.78, 5) is 16.9. The zero-order valence-electron chi connectivity index (χ0n) is 12.7. The number of nitrogens with two attached hydrogens (primary N) is 1. The Morgan fingerprint density at radius 1 is 1.50 bits per heavy atom. The van der Waals surface area contributed by atoms with Crippen LogP contribution in [0.3, 0.4) is 0 Å². The minimum Gasteiger partial charge on any atom is -0.345 e. The van der Waals surface area contributed by atoms with Crippen molar-refractivity contribution in [1.82, 2.24) is 10.3 Å². The maximum Gasteiger partial charge on any atom is 0.253 e. The van der Waals surface area contributed by atoms with Gasteiger partial charge in [0.05, 0.1) is 16.8 Å². The van der Waals surface area contributed by atoms with Gasteiger partial charge >= 0.3 is 0 Å². The number of aromatic nitrogens is 1. The van der Waals surface area contributed by atoms with Gasteiger partial charge in [0.2, 0.25) is 0 Å². The fourth-order valence-electron chi connectivity index (χ4n) is 3.24. The summed E-state index contributed by atoms with van der Waals surface area (Å²) in [6.07, 6.45) is 4.29. The van der Waals surface area contributed by atoms with Gasteiger partial charge in [0, 0.05) is 12.2 Å². The maximum absolute atomic E-state index is 12.5. The summed E-state index contributed by atoms with van der Waals surface area (Å²) in [6, 6.07) is 3.73. The molecule has 2 atom stereocenters. The maximum atomic E-state index is 12.5. The number of carbonyl (C=O) groups excluding carboxylic acids is 1. The molecule has 1 aliphatic carbocycles. The fourth-order valence-corrected chi connectivity index (χ4v) is 3.24. The minimum atomic E-state index is -0.244. The summed E-state index contributed by atoms with van der Waals surface area (Å²) in [5.41, 5.74) is 8.07. The molecule has 1 aliphatic rings. The van der Waals surface area contributed by atoms with Crippen LogP contribution in [0.2, 0.25) is 0 Å². The van der Waals surface area contributed by atoms with Crippen LogP contribution in [0.5, 0.6) is 0 Å². The summed E-state index contributed by atoms with van der Waals surface area (Å²) in [7, 11) is 0. The van der Waals surface area contributed by atoms with E-state index in [9.17, 15) is 4.79 Å². The second-order valence-corrected chi connectivity index (χ2v) is 6.23. The van der Waals surface area contributed by atoms with E-state index in [1.807, 2.05) is 26.0 Å². The van der Waals surface area contributed by atoms with Gasteiger partial charge < -0.3 is 11.1 Å². The quantitative estimate of drug-likeness (QED) is 0.889. The molecule has 4 heteroatoms. The third-order valence-corrected chi connectivity index (χ3v) is 4.33. The predicted molar refractivity (Wildman–Crippen MR) is 80.6 cm³/mol. The first kappa shape index (κ1) is 15.0. The monoisotopic (exact) mass is 275 g/mol. The lowest BCUT2D eigenvalue weighted by molar-refractivity contribution is 0.0853. The van der Waals surface area contributed by atoms with Crippen molar-refractivity contribution in [2.45, 2.75) is 52.0 Å². The van der Waals surface area contributed by atoms with Crippen molar-refractivity contribution in [3.8, 4) is 0 Å². The van der Waals surface area contributed by atoms with Gasteiger partial charge in [0.15, 0.2) is 0 Å². The molecule has 4 nitrogen and oxygen atoms in total. The Balaban J connectivity index is 2.16. The molecule has 1 heterocycles. The van der Waals surface area contributed by atoms with Crippen molar-refractivity contribution in [2.24, 2.45) is 11.7 Å². The van der Waals surface area contributed by atoms with Gasteiger partial charge in [0.25, 0.3) is 5.91 Å². The van der Waals surface area contributed by atoms with Gasteiger partial charge in [0.1, 0.15) is 0 Å². The average molecular weight is 275 g/mol. The standard InChI is InChI=1S/C16H25N3O/c1-11-5-4-8-16(9-11,10-17)19-15(20)14-7-6-12(2)18-13(14)3/h6-7,11H,4-5,8-10,17H2,1-3H3,(H,19,20). The number of rotatable bonds is 3. The molecule has 20 heavy (non-hydrogen) atoms. The lowest BCUT2D eigenvalue weighted by Gasteiger charge is -2.40. The van der Waals surface area contributed by atoms with E-state index in [0.717, 1.165) is 30.7 Å². The molecule has 1 fully saturated rings. The molecule has 0 aliphatic heterocycles. The lowest BCUT2D eigenvalue weighted by Crippen LogP contribution is -2.56. The highest BCUT2D eigenvalue weighted by Crippen LogP contribution is 2.31. The molecule has 1 aromatic heterocycles. The summed E-state index contributed by atoms with van der Waals surface area (Å²) in [6.45, 7) is 6.54. The van der Waals surface area contributed by atoms with E-state index in [4.69, 9.17) is 5.73 Å². The van der Waals surface area contributed by atoms with E-state index < -0.39 is 0 Å². The zero-order chi connectivity index (χ0) is 14.8. The number of nitrogens with zero attached hydrogens (tertiary/aromatic N) is 1. The lowest BCUT2D eigenvalue weighted by atomic mass is 9.76. The van der Waals surface area contributed by atoms with Crippen LogP contribution in [0.1, 0.15) is 54.4 Å². The molecule has 2 unspecified atom stereocenters. The molecule has 0 spiro atoms. The molecule has 2 rings (SSSR count). The van der Waals surface area contributed by atoms with Crippen molar-refractivity contribution in [3.05, 3.63) is 29.1 Å². The third-order valence-electron chi connectivity index (χ3n) is 4.33. The van der Waals surface area contributed by atoms with Crippen LogP contribution in [-0.2, 0) is 0 Å². The van der Waals surface area contributed by atoms with Crippen molar-refractivity contribution >= 4 is 5.91 Å². The summed E-state index contributed by atoms with van der Waals surface area (Å²) in [5.74, 6) is 0.569. The van der Waals surface area contributed by atoms with Crippen LogP contribution in [0, 0.1) is 19.8 Å². The first-order chi connectivity index (χ1) is 9.46. The average Bonchev–Trinajstić information content (AvgIpc) is 2.38. The summed E-state index contributed by atoms with van der Waals surface area (Å²) < 4.78 is 0. The molecule has 0 bridgehead atoms. The van der Waals surface area contributed by atoms with E-state index in [-0.39, 0.29) is 11.4 Å². The van der Waals surface area contributed by atoms with Crippen molar-refractivity contribution in [3.63, 3.8) is 0 Å². The van der Waals surface area contributed by atoms with E-state index in [0.29, 0.717) is 18.0 Å². The van der Waals surface area contributed by atoms with Crippen molar-refractivity contribution in [2.75, 3.05) is 6.54 Å². The van der Waals surface area contributed by atoms with Crippen LogP contribution in [-0.4, -0.2) is 23.0 Å². The van der Waals surface area contributed by atoms with Crippen LogP contribution in [0.15, 0.2) is 12.1 Å². The SMILES string of the molecule is Cc1ccc(C(=O)NC2(CN)CCCC(C)C2)c(C)n1. The zero-order valence-corrected chi connectivity index (χ0v) is 12.7. The predicted octanol–water partition coefficient (Wildman–Crippen LogP) is 2.34. The molecule has 0 radical (unpaired) electrons. The number of aryl methyl sites for hydroxylation is 2. The van der Waals surface area contributed by atoms with E-state index in [1.54, 1.807) is 0 Å². The molecule has 1 saturated carbocycles. The van der Waals surface area contributed by atoms with Gasteiger partial charge in [-0.3, -0.25) is 9.78 Å². The summed E-state index contributed by atoms with van der Waals surface area (Å²) in [5, 5.41) is 3.19. The van der Waals surface area contributed by atoms with Gasteiger partial charge in [-0.1, -0.05) is 19.8 Å². The topological polar surface area (TPSA) is 68.0 Å². The minimum absolute atomic E-state index is 0.0467. The number of carbonyl (C=O) groups is 1. The molecule has 1 amide bonds. The Kier molecular flexibility index (Phi) is 4.43. The molecular weight excluding hydrogens is 250 g/mol. The Morgan fingerprint density at radius 3 is 2.85 bits per heavy atom. The number of hydrogen-bond acceptors (Lipinski definition) is 3. The normalized spacial score (nSPS) is 26.3. The summed E-state index contributed by atoms with van der Waals surface area (Å²) >= 11 is 0. The van der Waals surface area contributed by atoms with Crippen LogP contribution in [0.25, 0.3) is 0 Å². The molecular formula is C16H25N3O. The Labute approximate surface area is 121 Å². The number of amides is 1. The largest absolute Gasteiger partial charge is 0.345 e. The first-order valence-electron chi connectivity index (χ1n) is 7.42.